The van der Waals surface area contributed by atoms with Crippen LogP contribution in [0.2, 0.25) is 0 Å². The molecular weight excluding hydrogens is 313 g/mol. The highest BCUT2D eigenvalue weighted by atomic mass is 35.5. The summed E-state index contributed by atoms with van der Waals surface area (Å²) in [5, 5.41) is 0. The van der Waals surface area contributed by atoms with E-state index in [0.29, 0.717) is 18.7 Å². The molecule has 2 rings (SSSR count). The molecule has 1 aromatic rings. The molecule has 1 aromatic heterocycles. The number of pyridine rings is 1. The Hall–Kier alpha value is -0.880. The van der Waals surface area contributed by atoms with Crippen molar-refractivity contribution in [3.8, 4) is 0 Å². The number of methoxy groups -OCH3 is 1. The summed E-state index contributed by atoms with van der Waals surface area (Å²) in [6, 6.07) is 3.72. The van der Waals surface area contributed by atoms with Gasteiger partial charge in [0.2, 0.25) is 0 Å². The number of halogens is 2. The molecule has 0 spiro atoms. The third kappa shape index (κ3) is 4.81. The third-order valence-electron chi connectivity index (χ3n) is 3.69. The van der Waals surface area contributed by atoms with Gasteiger partial charge < -0.3 is 15.4 Å². The van der Waals surface area contributed by atoms with Gasteiger partial charge in [-0.25, -0.2) is 0 Å². The van der Waals surface area contributed by atoms with Gasteiger partial charge in [-0.05, 0) is 31.9 Å². The van der Waals surface area contributed by atoms with Crippen LogP contribution in [0.4, 0.5) is 0 Å². The maximum Gasteiger partial charge on any atom is 0.255 e. The van der Waals surface area contributed by atoms with Gasteiger partial charge in [0.05, 0.1) is 11.7 Å². The SMILES string of the molecule is COC1CCN(C(=O)c2ccc(C)nc2)C(CN)C1.Cl.Cl. The molecule has 2 heterocycles. The molecule has 120 valence electrons. The Labute approximate surface area is 138 Å². The molecule has 7 heteroatoms. The largest absolute Gasteiger partial charge is 0.381 e. The minimum absolute atomic E-state index is 0. The first-order valence-corrected chi connectivity index (χ1v) is 6.62. The number of amides is 1. The Morgan fingerprint density at radius 2 is 2.19 bits per heavy atom. The summed E-state index contributed by atoms with van der Waals surface area (Å²) in [7, 11) is 1.71. The van der Waals surface area contributed by atoms with E-state index in [0.717, 1.165) is 18.5 Å². The number of nitrogens with zero attached hydrogens (tertiary/aromatic N) is 2. The minimum Gasteiger partial charge on any atom is -0.381 e. The summed E-state index contributed by atoms with van der Waals surface area (Å²) in [6.45, 7) is 3.05. The molecule has 1 saturated heterocycles. The lowest BCUT2D eigenvalue weighted by Gasteiger charge is -2.38. The lowest BCUT2D eigenvalue weighted by atomic mass is 9.98. The van der Waals surface area contributed by atoms with Crippen LogP contribution < -0.4 is 5.73 Å². The second kappa shape index (κ2) is 9.20. The van der Waals surface area contributed by atoms with E-state index in [1.807, 2.05) is 24.0 Å². The number of hydrogen-bond donors (Lipinski definition) is 1. The van der Waals surface area contributed by atoms with E-state index < -0.39 is 0 Å². The number of carbonyl (C=O) groups is 1. The van der Waals surface area contributed by atoms with Gasteiger partial charge in [0, 0.05) is 38.1 Å². The highest BCUT2D eigenvalue weighted by Crippen LogP contribution is 2.21. The van der Waals surface area contributed by atoms with E-state index in [2.05, 4.69) is 4.98 Å². The van der Waals surface area contributed by atoms with E-state index in [4.69, 9.17) is 10.5 Å². The Morgan fingerprint density at radius 3 is 2.71 bits per heavy atom. The van der Waals surface area contributed by atoms with Gasteiger partial charge in [-0.1, -0.05) is 0 Å². The highest BCUT2D eigenvalue weighted by Gasteiger charge is 2.31. The predicted molar refractivity (Wildman–Crippen MR) is 87.4 cm³/mol. The Balaban J connectivity index is 0.00000200. The van der Waals surface area contributed by atoms with Gasteiger partial charge in [-0.15, -0.1) is 24.8 Å². The fourth-order valence-corrected chi connectivity index (χ4v) is 2.48. The zero-order valence-electron chi connectivity index (χ0n) is 12.3. The fourth-order valence-electron chi connectivity index (χ4n) is 2.48. The number of hydrogen-bond acceptors (Lipinski definition) is 4. The van der Waals surface area contributed by atoms with E-state index in [9.17, 15) is 4.79 Å². The van der Waals surface area contributed by atoms with Gasteiger partial charge in [0.25, 0.3) is 5.91 Å². The second-order valence-corrected chi connectivity index (χ2v) is 4.96. The number of aryl methyl sites for hydroxylation is 1. The van der Waals surface area contributed by atoms with Crippen molar-refractivity contribution in [1.29, 1.82) is 0 Å². The topological polar surface area (TPSA) is 68.5 Å². The number of aromatic nitrogens is 1. The molecule has 1 aliphatic rings. The smallest absolute Gasteiger partial charge is 0.255 e. The molecule has 0 radical (unpaired) electrons. The van der Waals surface area contributed by atoms with Crippen LogP contribution in [0.1, 0.15) is 28.9 Å². The molecule has 1 fully saturated rings. The van der Waals surface area contributed by atoms with Crippen LogP contribution in [0.5, 0.6) is 0 Å². The summed E-state index contributed by atoms with van der Waals surface area (Å²) in [5.74, 6) is 0.0116. The van der Waals surface area contributed by atoms with Gasteiger partial charge in [-0.3, -0.25) is 9.78 Å². The molecule has 0 aromatic carbocycles. The Morgan fingerprint density at radius 1 is 1.48 bits per heavy atom. The van der Waals surface area contributed by atoms with E-state index in [-0.39, 0.29) is 42.9 Å². The first-order chi connectivity index (χ1) is 9.15. The van der Waals surface area contributed by atoms with Crippen LogP contribution in [0, 0.1) is 6.92 Å². The predicted octanol–water partition coefficient (Wildman–Crippen LogP) is 1.81. The second-order valence-electron chi connectivity index (χ2n) is 4.96. The van der Waals surface area contributed by atoms with Crippen LogP contribution >= 0.6 is 24.8 Å². The first kappa shape index (κ1) is 20.1. The van der Waals surface area contributed by atoms with Crippen molar-refractivity contribution < 1.29 is 9.53 Å². The molecule has 2 N–H and O–H groups in total. The highest BCUT2D eigenvalue weighted by molar-refractivity contribution is 5.94. The zero-order valence-corrected chi connectivity index (χ0v) is 14.0. The Kier molecular flexibility index (Phi) is 8.82. The van der Waals surface area contributed by atoms with Gasteiger partial charge in [0.1, 0.15) is 0 Å². The number of ether oxygens (including phenoxy) is 1. The summed E-state index contributed by atoms with van der Waals surface area (Å²) < 4.78 is 5.37. The van der Waals surface area contributed by atoms with Gasteiger partial charge in [0.15, 0.2) is 0 Å². The number of carbonyl (C=O) groups excluding carboxylic acids is 1. The van der Waals surface area contributed by atoms with Crippen LogP contribution in [0.3, 0.4) is 0 Å². The van der Waals surface area contributed by atoms with E-state index >= 15 is 0 Å². The van der Waals surface area contributed by atoms with E-state index in [1.54, 1.807) is 13.3 Å². The molecule has 0 bridgehead atoms. The van der Waals surface area contributed by atoms with Crippen molar-refractivity contribution in [2.75, 3.05) is 20.2 Å². The average Bonchev–Trinajstić information content (AvgIpc) is 2.46. The number of rotatable bonds is 3. The quantitative estimate of drug-likeness (QED) is 0.914. The molecule has 0 saturated carbocycles. The van der Waals surface area contributed by atoms with Crippen molar-refractivity contribution in [2.45, 2.75) is 31.9 Å². The van der Waals surface area contributed by atoms with Crippen molar-refractivity contribution in [3.05, 3.63) is 29.6 Å². The lowest BCUT2D eigenvalue weighted by molar-refractivity contribution is 0.0139. The lowest BCUT2D eigenvalue weighted by Crippen LogP contribution is -2.51. The minimum atomic E-state index is 0. The third-order valence-corrected chi connectivity index (χ3v) is 3.69. The maximum atomic E-state index is 12.5. The molecule has 1 amide bonds. The summed E-state index contributed by atoms with van der Waals surface area (Å²) in [6.07, 6.45) is 3.50. The summed E-state index contributed by atoms with van der Waals surface area (Å²) in [5.41, 5.74) is 7.32. The van der Waals surface area contributed by atoms with E-state index in [1.165, 1.54) is 0 Å². The Bertz CT molecular complexity index is 442. The van der Waals surface area contributed by atoms with Crippen LogP contribution in [0.25, 0.3) is 0 Å². The monoisotopic (exact) mass is 335 g/mol. The van der Waals surface area contributed by atoms with Crippen molar-refractivity contribution >= 4 is 30.7 Å². The van der Waals surface area contributed by atoms with Crippen molar-refractivity contribution in [3.63, 3.8) is 0 Å². The van der Waals surface area contributed by atoms with Crippen LogP contribution in [-0.4, -0.2) is 48.1 Å². The first-order valence-electron chi connectivity index (χ1n) is 6.62. The number of piperidine rings is 1. The van der Waals surface area contributed by atoms with Crippen molar-refractivity contribution in [1.82, 2.24) is 9.88 Å². The van der Waals surface area contributed by atoms with Crippen molar-refractivity contribution in [2.24, 2.45) is 5.73 Å². The van der Waals surface area contributed by atoms with Gasteiger partial charge >= 0.3 is 0 Å². The molecule has 5 nitrogen and oxygen atoms in total. The molecule has 2 unspecified atom stereocenters. The normalized spacial score (nSPS) is 21.2. The standard InChI is InChI=1S/C14H21N3O2.2ClH/c1-10-3-4-11(9-16-10)14(18)17-6-5-13(19-2)7-12(17)8-15;;/h3-4,9,12-13H,5-8,15H2,1-2H3;2*1H. The molecule has 2 atom stereocenters. The summed E-state index contributed by atoms with van der Waals surface area (Å²) >= 11 is 0. The van der Waals surface area contributed by atoms with Crippen LogP contribution in [-0.2, 0) is 4.74 Å². The molecule has 1 aliphatic heterocycles. The van der Waals surface area contributed by atoms with Crippen LogP contribution in [0.15, 0.2) is 18.3 Å². The fraction of sp³-hybridized carbons (Fsp3) is 0.571. The molecule has 0 aliphatic carbocycles. The maximum absolute atomic E-state index is 12.5. The molecular formula is C14H23Cl2N3O2. The van der Waals surface area contributed by atoms with Gasteiger partial charge in [-0.2, -0.15) is 0 Å². The average molecular weight is 336 g/mol. The molecule has 21 heavy (non-hydrogen) atoms. The summed E-state index contributed by atoms with van der Waals surface area (Å²) in [4.78, 5) is 18.5. The number of nitrogens with two attached hydrogens (primary N) is 1. The number of likely N-dealkylation sites (tertiary alicyclic amines) is 1. The zero-order chi connectivity index (χ0) is 13.8.